The molecular weight excluding hydrogens is 360 g/mol. The van der Waals surface area contributed by atoms with E-state index in [0.717, 1.165) is 33.6 Å². The van der Waals surface area contributed by atoms with Gasteiger partial charge in [0.25, 0.3) is 5.56 Å². The summed E-state index contributed by atoms with van der Waals surface area (Å²) in [5.41, 5.74) is 5.34. The Labute approximate surface area is 167 Å². The molecule has 0 atom stereocenters. The Morgan fingerprint density at radius 2 is 1.45 bits per heavy atom. The minimum absolute atomic E-state index is 0.129. The van der Waals surface area contributed by atoms with E-state index in [2.05, 4.69) is 0 Å². The minimum Gasteiger partial charge on any atom is -0.268 e. The molecule has 5 rings (SSSR count). The molecule has 0 spiro atoms. The van der Waals surface area contributed by atoms with Gasteiger partial charge in [-0.3, -0.25) is 4.79 Å². The molecule has 0 N–H and O–H groups in total. The summed E-state index contributed by atoms with van der Waals surface area (Å²) in [6.07, 6.45) is 1.92. The van der Waals surface area contributed by atoms with Crippen LogP contribution in [0, 0.1) is 0 Å². The van der Waals surface area contributed by atoms with Crippen LogP contribution in [0.4, 0.5) is 0 Å². The monoisotopic (exact) mass is 378 g/mol. The maximum Gasteiger partial charge on any atom is 0.267 e. The molecule has 140 valence electrons. The van der Waals surface area contributed by atoms with Gasteiger partial charge in [0, 0.05) is 17.8 Å². The third-order valence-corrected chi connectivity index (χ3v) is 4.89. The highest BCUT2D eigenvalue weighted by Crippen LogP contribution is 2.33. The van der Waals surface area contributed by atoms with Crippen molar-refractivity contribution in [3.63, 3.8) is 0 Å². The number of aromatic nitrogens is 4. The highest BCUT2D eigenvalue weighted by molar-refractivity contribution is 5.90. The summed E-state index contributed by atoms with van der Waals surface area (Å²) in [5, 5.41) is 9.48. The number of pyridine rings is 1. The van der Waals surface area contributed by atoms with Crippen LogP contribution in [-0.4, -0.2) is 19.4 Å². The van der Waals surface area contributed by atoms with E-state index in [4.69, 9.17) is 10.2 Å². The lowest BCUT2D eigenvalue weighted by Crippen LogP contribution is -2.22. The van der Waals surface area contributed by atoms with E-state index in [1.54, 1.807) is 12.1 Å². The molecule has 0 amide bonds. The van der Waals surface area contributed by atoms with Crippen molar-refractivity contribution in [1.82, 2.24) is 19.4 Å². The molecule has 5 nitrogen and oxygen atoms in total. The summed E-state index contributed by atoms with van der Waals surface area (Å²) in [5.74, 6) is 0. The Kier molecular flexibility index (Phi) is 4.26. The molecule has 0 bridgehead atoms. The largest absolute Gasteiger partial charge is 0.268 e. The molecule has 2 aromatic carbocycles. The predicted molar refractivity (Wildman–Crippen MR) is 114 cm³/mol. The Hall–Kier alpha value is -3.99. The molecule has 0 aliphatic heterocycles. The summed E-state index contributed by atoms with van der Waals surface area (Å²) >= 11 is 0. The molecule has 0 aliphatic rings. The third-order valence-electron chi connectivity index (χ3n) is 4.89. The van der Waals surface area contributed by atoms with E-state index in [1.807, 2.05) is 89.6 Å². The smallest absolute Gasteiger partial charge is 0.267 e. The van der Waals surface area contributed by atoms with Crippen molar-refractivity contribution >= 4 is 5.52 Å². The maximum absolute atomic E-state index is 12.4. The average molecular weight is 378 g/mol. The van der Waals surface area contributed by atoms with Crippen LogP contribution in [-0.2, 0) is 6.54 Å². The van der Waals surface area contributed by atoms with Gasteiger partial charge in [0.2, 0.25) is 0 Å². The van der Waals surface area contributed by atoms with Crippen LogP contribution in [0.1, 0.15) is 5.56 Å². The van der Waals surface area contributed by atoms with Crippen LogP contribution in [0.5, 0.6) is 0 Å². The van der Waals surface area contributed by atoms with Crippen molar-refractivity contribution in [1.29, 1.82) is 0 Å². The molecule has 0 fully saturated rings. The molecule has 5 aromatic rings. The highest BCUT2D eigenvalue weighted by atomic mass is 16.1. The standard InChI is InChI=1S/C24H18N4O/c29-22-15-14-20(25-28(22)17-18-9-3-1-4-10-18)23-21-13-7-8-16-27(21)26-24(23)19-11-5-2-6-12-19/h1-16H,17H2. The van der Waals surface area contributed by atoms with Crippen LogP contribution in [0.3, 0.4) is 0 Å². The second kappa shape index (κ2) is 7.20. The zero-order valence-electron chi connectivity index (χ0n) is 15.6. The second-order valence-electron chi connectivity index (χ2n) is 6.82. The summed E-state index contributed by atoms with van der Waals surface area (Å²) in [6, 6.07) is 29.2. The van der Waals surface area contributed by atoms with Gasteiger partial charge < -0.3 is 0 Å². The van der Waals surface area contributed by atoms with Crippen LogP contribution >= 0.6 is 0 Å². The lowest BCUT2D eigenvalue weighted by molar-refractivity contribution is 0.643. The fourth-order valence-corrected chi connectivity index (χ4v) is 3.50. The number of fused-ring (bicyclic) bond motifs is 1. The SMILES string of the molecule is O=c1ccc(-c2c(-c3ccccc3)nn3ccccc23)nn1Cc1ccccc1. The molecule has 0 aliphatic carbocycles. The molecule has 0 unspecified atom stereocenters. The van der Waals surface area contributed by atoms with Gasteiger partial charge in [-0.25, -0.2) is 9.20 Å². The van der Waals surface area contributed by atoms with Crippen molar-refractivity contribution in [2.75, 3.05) is 0 Å². The third kappa shape index (κ3) is 3.23. The number of benzene rings is 2. The minimum atomic E-state index is -0.129. The Bertz CT molecular complexity index is 1340. The van der Waals surface area contributed by atoms with Crippen LogP contribution < -0.4 is 5.56 Å². The first-order valence-corrected chi connectivity index (χ1v) is 9.45. The van der Waals surface area contributed by atoms with Crippen LogP contribution in [0.15, 0.2) is 102 Å². The fraction of sp³-hybridized carbons (Fsp3) is 0.0417. The van der Waals surface area contributed by atoms with Gasteiger partial charge in [-0.2, -0.15) is 10.2 Å². The fourth-order valence-electron chi connectivity index (χ4n) is 3.50. The molecule has 29 heavy (non-hydrogen) atoms. The number of nitrogens with zero attached hydrogens (tertiary/aromatic N) is 4. The Morgan fingerprint density at radius 1 is 0.724 bits per heavy atom. The normalized spacial score (nSPS) is 11.0. The Balaban J connectivity index is 1.70. The van der Waals surface area contributed by atoms with Gasteiger partial charge in [-0.15, -0.1) is 0 Å². The van der Waals surface area contributed by atoms with Gasteiger partial charge in [0.05, 0.1) is 23.3 Å². The number of hydrogen-bond donors (Lipinski definition) is 0. The lowest BCUT2D eigenvalue weighted by atomic mass is 10.0. The summed E-state index contributed by atoms with van der Waals surface area (Å²) < 4.78 is 3.36. The van der Waals surface area contributed by atoms with E-state index < -0.39 is 0 Å². The zero-order valence-corrected chi connectivity index (χ0v) is 15.6. The lowest BCUT2D eigenvalue weighted by Gasteiger charge is -2.08. The molecular formula is C24H18N4O. The van der Waals surface area contributed by atoms with Crippen molar-refractivity contribution in [3.05, 3.63) is 113 Å². The molecule has 5 heteroatoms. The van der Waals surface area contributed by atoms with Crippen molar-refractivity contribution in [2.45, 2.75) is 6.54 Å². The van der Waals surface area contributed by atoms with Crippen LogP contribution in [0.2, 0.25) is 0 Å². The maximum atomic E-state index is 12.4. The predicted octanol–water partition coefficient (Wildman–Crippen LogP) is 4.27. The average Bonchev–Trinajstić information content (AvgIpc) is 3.16. The van der Waals surface area contributed by atoms with Crippen molar-refractivity contribution < 1.29 is 0 Å². The molecule has 0 saturated heterocycles. The highest BCUT2D eigenvalue weighted by Gasteiger charge is 2.18. The zero-order chi connectivity index (χ0) is 19.6. The first-order valence-electron chi connectivity index (χ1n) is 9.45. The molecule has 3 heterocycles. The topological polar surface area (TPSA) is 52.2 Å². The number of rotatable bonds is 4. The summed E-state index contributed by atoms with van der Waals surface area (Å²) in [6.45, 7) is 0.424. The van der Waals surface area contributed by atoms with Crippen molar-refractivity contribution in [3.8, 4) is 22.5 Å². The molecule has 3 aromatic heterocycles. The summed E-state index contributed by atoms with van der Waals surface area (Å²) in [7, 11) is 0. The second-order valence-corrected chi connectivity index (χ2v) is 6.82. The van der Waals surface area contributed by atoms with E-state index in [1.165, 1.54) is 4.68 Å². The van der Waals surface area contributed by atoms with E-state index in [0.29, 0.717) is 6.54 Å². The molecule has 0 saturated carbocycles. The van der Waals surface area contributed by atoms with Crippen LogP contribution in [0.25, 0.3) is 28.0 Å². The first-order chi connectivity index (χ1) is 14.3. The molecule has 0 radical (unpaired) electrons. The van der Waals surface area contributed by atoms with Crippen molar-refractivity contribution in [2.24, 2.45) is 0 Å². The van der Waals surface area contributed by atoms with E-state index >= 15 is 0 Å². The van der Waals surface area contributed by atoms with E-state index in [9.17, 15) is 4.79 Å². The van der Waals surface area contributed by atoms with Gasteiger partial charge >= 0.3 is 0 Å². The Morgan fingerprint density at radius 3 is 2.24 bits per heavy atom. The van der Waals surface area contributed by atoms with Gasteiger partial charge in [0.1, 0.15) is 5.69 Å². The van der Waals surface area contributed by atoms with Gasteiger partial charge in [-0.05, 0) is 23.8 Å². The number of hydrogen-bond acceptors (Lipinski definition) is 3. The van der Waals surface area contributed by atoms with Gasteiger partial charge in [-0.1, -0.05) is 66.7 Å². The quantitative estimate of drug-likeness (QED) is 0.469. The first kappa shape index (κ1) is 17.1. The summed E-state index contributed by atoms with van der Waals surface area (Å²) in [4.78, 5) is 12.4. The van der Waals surface area contributed by atoms with E-state index in [-0.39, 0.29) is 5.56 Å². The van der Waals surface area contributed by atoms with Gasteiger partial charge in [0.15, 0.2) is 0 Å².